The normalized spacial score (nSPS) is 19.2. The highest BCUT2D eigenvalue weighted by Crippen LogP contribution is 2.38. The van der Waals surface area contributed by atoms with Crippen molar-refractivity contribution in [2.45, 2.75) is 27.2 Å². The Morgan fingerprint density at radius 3 is 2.69 bits per heavy atom. The van der Waals surface area contributed by atoms with Crippen molar-refractivity contribution in [1.82, 2.24) is 24.9 Å². The summed E-state index contributed by atoms with van der Waals surface area (Å²) in [5.41, 5.74) is 1.57. The van der Waals surface area contributed by atoms with E-state index in [0.29, 0.717) is 18.7 Å². The van der Waals surface area contributed by atoms with Crippen LogP contribution in [0.5, 0.6) is 0 Å². The molecule has 4 rings (SSSR count). The smallest absolute Gasteiger partial charge is 0.311 e. The molecule has 1 atom stereocenters. The maximum absolute atomic E-state index is 13.1. The number of carboxylic acids is 1. The van der Waals surface area contributed by atoms with Crippen LogP contribution in [0.3, 0.4) is 0 Å². The number of benzene rings is 1. The first-order chi connectivity index (χ1) is 13.8. The predicted molar refractivity (Wildman–Crippen MR) is 107 cm³/mol. The van der Waals surface area contributed by atoms with Crippen LogP contribution in [-0.4, -0.2) is 55.0 Å². The number of carbonyl (C=O) groups excluding carboxylic acids is 1. The lowest BCUT2D eigenvalue weighted by molar-refractivity contribution is -0.150. The SMILES string of the molecule is Cc1c(C(=O)N2CCC(C(=O)O)(C(C)C)C2)nnn1-c1cccc2ncccc12. The predicted octanol–water partition coefficient (Wildman–Crippen LogP) is 2.70. The van der Waals surface area contributed by atoms with Crippen molar-refractivity contribution < 1.29 is 14.7 Å². The lowest BCUT2D eigenvalue weighted by Gasteiger charge is -2.28. The highest BCUT2D eigenvalue weighted by atomic mass is 16.4. The second-order valence-corrected chi connectivity index (χ2v) is 7.88. The van der Waals surface area contributed by atoms with E-state index in [1.165, 1.54) is 0 Å². The van der Waals surface area contributed by atoms with E-state index in [2.05, 4.69) is 15.3 Å². The summed E-state index contributed by atoms with van der Waals surface area (Å²) in [6, 6.07) is 9.51. The van der Waals surface area contributed by atoms with Crippen LogP contribution in [0.4, 0.5) is 0 Å². The van der Waals surface area contributed by atoms with E-state index in [-0.39, 0.29) is 24.1 Å². The maximum atomic E-state index is 13.1. The summed E-state index contributed by atoms with van der Waals surface area (Å²) in [6.45, 7) is 6.15. The molecule has 3 aromatic rings. The van der Waals surface area contributed by atoms with Crippen LogP contribution in [0.1, 0.15) is 36.5 Å². The minimum atomic E-state index is -0.916. The van der Waals surface area contributed by atoms with Crippen molar-refractivity contribution in [3.63, 3.8) is 0 Å². The first kappa shape index (κ1) is 19.0. The number of nitrogens with zero attached hydrogens (tertiary/aromatic N) is 5. The van der Waals surface area contributed by atoms with E-state index in [1.54, 1.807) is 22.7 Å². The lowest BCUT2D eigenvalue weighted by atomic mass is 9.76. The summed E-state index contributed by atoms with van der Waals surface area (Å²) in [4.78, 5) is 30.9. The molecule has 1 aromatic carbocycles. The van der Waals surface area contributed by atoms with Crippen molar-refractivity contribution in [2.75, 3.05) is 13.1 Å². The second-order valence-electron chi connectivity index (χ2n) is 7.88. The van der Waals surface area contributed by atoms with E-state index in [9.17, 15) is 14.7 Å². The van der Waals surface area contributed by atoms with Crippen molar-refractivity contribution in [3.05, 3.63) is 47.9 Å². The number of aromatic nitrogens is 4. The Morgan fingerprint density at radius 1 is 1.21 bits per heavy atom. The van der Waals surface area contributed by atoms with Gasteiger partial charge in [-0.3, -0.25) is 14.6 Å². The number of fused-ring (bicyclic) bond motifs is 1. The highest BCUT2D eigenvalue weighted by molar-refractivity contribution is 5.95. The van der Waals surface area contributed by atoms with E-state index >= 15 is 0 Å². The first-order valence-electron chi connectivity index (χ1n) is 9.64. The molecule has 3 heterocycles. The zero-order chi connectivity index (χ0) is 20.8. The standard InChI is InChI=1S/C21H23N5O3/c1-13(2)21(20(28)29)9-11-25(12-21)19(27)18-14(3)26(24-23-18)17-8-4-7-16-15(17)6-5-10-22-16/h4-8,10,13H,9,11-12H2,1-3H3,(H,28,29). The average Bonchev–Trinajstić information content (AvgIpc) is 3.32. The second kappa shape index (κ2) is 6.95. The first-order valence-corrected chi connectivity index (χ1v) is 9.64. The van der Waals surface area contributed by atoms with Gasteiger partial charge in [0.1, 0.15) is 0 Å². The van der Waals surface area contributed by atoms with Crippen LogP contribution >= 0.6 is 0 Å². The third kappa shape index (κ3) is 2.95. The number of amides is 1. The molecule has 1 aliphatic rings. The summed E-state index contributed by atoms with van der Waals surface area (Å²) in [5, 5.41) is 19.0. The van der Waals surface area contributed by atoms with Gasteiger partial charge >= 0.3 is 5.97 Å². The number of rotatable bonds is 4. The number of likely N-dealkylation sites (tertiary alicyclic amines) is 1. The molecule has 1 unspecified atom stereocenters. The van der Waals surface area contributed by atoms with Gasteiger partial charge in [0.15, 0.2) is 5.69 Å². The highest BCUT2D eigenvalue weighted by Gasteiger charge is 2.49. The molecular formula is C21H23N5O3. The zero-order valence-electron chi connectivity index (χ0n) is 16.7. The van der Waals surface area contributed by atoms with Crippen LogP contribution in [0, 0.1) is 18.3 Å². The minimum Gasteiger partial charge on any atom is -0.481 e. The third-order valence-electron chi connectivity index (χ3n) is 6.07. The molecule has 0 bridgehead atoms. The van der Waals surface area contributed by atoms with Gasteiger partial charge in [-0.2, -0.15) is 0 Å². The summed E-state index contributed by atoms with van der Waals surface area (Å²) < 4.78 is 1.64. The van der Waals surface area contributed by atoms with E-state index in [0.717, 1.165) is 16.6 Å². The number of hydrogen-bond acceptors (Lipinski definition) is 5. The van der Waals surface area contributed by atoms with E-state index in [1.807, 2.05) is 44.2 Å². The molecule has 0 radical (unpaired) electrons. The number of hydrogen-bond donors (Lipinski definition) is 1. The lowest BCUT2D eigenvalue weighted by Crippen LogP contribution is -2.40. The van der Waals surface area contributed by atoms with Gasteiger partial charge in [-0.05, 0) is 43.5 Å². The Morgan fingerprint density at radius 2 is 2.00 bits per heavy atom. The molecule has 8 nitrogen and oxygen atoms in total. The maximum Gasteiger partial charge on any atom is 0.311 e. The molecule has 1 aliphatic heterocycles. The summed E-state index contributed by atoms with van der Waals surface area (Å²) in [7, 11) is 0. The van der Waals surface area contributed by atoms with Crippen molar-refractivity contribution in [1.29, 1.82) is 0 Å². The number of carboxylic acid groups (broad SMARTS) is 1. The molecular weight excluding hydrogens is 370 g/mol. The van der Waals surface area contributed by atoms with E-state index < -0.39 is 11.4 Å². The largest absolute Gasteiger partial charge is 0.481 e. The molecule has 2 aromatic heterocycles. The number of aliphatic carboxylic acids is 1. The number of pyridine rings is 1. The fourth-order valence-electron chi connectivity index (χ4n) is 4.08. The Bertz CT molecular complexity index is 1100. The van der Waals surface area contributed by atoms with Crippen molar-refractivity contribution in [2.24, 2.45) is 11.3 Å². The Labute approximate surface area is 168 Å². The quantitative estimate of drug-likeness (QED) is 0.731. The van der Waals surface area contributed by atoms with Gasteiger partial charge < -0.3 is 10.0 Å². The zero-order valence-corrected chi connectivity index (χ0v) is 16.7. The molecule has 1 saturated heterocycles. The molecule has 1 amide bonds. The van der Waals surface area contributed by atoms with Crippen LogP contribution in [0.2, 0.25) is 0 Å². The molecule has 0 aliphatic carbocycles. The third-order valence-corrected chi connectivity index (χ3v) is 6.07. The molecule has 1 N–H and O–H groups in total. The van der Waals surface area contributed by atoms with Crippen LogP contribution in [-0.2, 0) is 4.79 Å². The Balaban J connectivity index is 1.67. The van der Waals surface area contributed by atoms with Crippen LogP contribution < -0.4 is 0 Å². The van der Waals surface area contributed by atoms with Crippen LogP contribution in [0.25, 0.3) is 16.6 Å². The van der Waals surface area contributed by atoms with Gasteiger partial charge in [0.05, 0.1) is 22.3 Å². The summed E-state index contributed by atoms with van der Waals surface area (Å²) >= 11 is 0. The molecule has 0 saturated carbocycles. The summed E-state index contributed by atoms with van der Waals surface area (Å²) in [6.07, 6.45) is 2.17. The number of carbonyl (C=O) groups is 2. The van der Waals surface area contributed by atoms with Crippen LogP contribution in [0.15, 0.2) is 36.5 Å². The Hall–Kier alpha value is -3.29. The van der Waals surface area contributed by atoms with Gasteiger partial charge in [0.25, 0.3) is 5.91 Å². The molecule has 1 fully saturated rings. The van der Waals surface area contributed by atoms with E-state index in [4.69, 9.17) is 0 Å². The average molecular weight is 393 g/mol. The van der Waals surface area contributed by atoms with Crippen molar-refractivity contribution >= 4 is 22.8 Å². The molecule has 0 spiro atoms. The molecule has 8 heteroatoms. The minimum absolute atomic E-state index is 0.0715. The van der Waals surface area contributed by atoms with Gasteiger partial charge in [0, 0.05) is 24.7 Å². The van der Waals surface area contributed by atoms with Gasteiger partial charge in [-0.15, -0.1) is 5.10 Å². The Kier molecular flexibility index (Phi) is 4.56. The fourth-order valence-corrected chi connectivity index (χ4v) is 4.08. The van der Waals surface area contributed by atoms with Crippen molar-refractivity contribution in [3.8, 4) is 5.69 Å². The summed E-state index contributed by atoms with van der Waals surface area (Å²) in [5.74, 6) is -1.21. The fraction of sp³-hybridized carbons (Fsp3) is 0.381. The monoisotopic (exact) mass is 393 g/mol. The molecule has 150 valence electrons. The van der Waals surface area contributed by atoms with Gasteiger partial charge in [-0.25, -0.2) is 4.68 Å². The molecule has 29 heavy (non-hydrogen) atoms. The topological polar surface area (TPSA) is 101 Å². The van der Waals surface area contributed by atoms with Gasteiger partial charge in [0.2, 0.25) is 0 Å². The van der Waals surface area contributed by atoms with Gasteiger partial charge in [-0.1, -0.05) is 25.1 Å².